The lowest BCUT2D eigenvalue weighted by atomic mass is 10.0. The molecule has 7 heteroatoms. The van der Waals surface area contributed by atoms with E-state index < -0.39 is 0 Å². The molecular formula is C13H20BrCl3N2O. The van der Waals surface area contributed by atoms with Crippen molar-refractivity contribution in [2.24, 2.45) is 0 Å². The second kappa shape index (κ2) is 9.34. The number of rotatable bonds is 3. The van der Waals surface area contributed by atoms with Gasteiger partial charge in [0, 0.05) is 42.8 Å². The van der Waals surface area contributed by atoms with Crippen LogP contribution in [0.5, 0.6) is 5.75 Å². The maximum absolute atomic E-state index is 10.2. The van der Waals surface area contributed by atoms with Gasteiger partial charge in [0.25, 0.3) is 0 Å². The van der Waals surface area contributed by atoms with Crippen LogP contribution in [-0.4, -0.2) is 36.2 Å². The summed E-state index contributed by atoms with van der Waals surface area (Å²) in [5.74, 6) is 0.310. The fraction of sp³-hybridized carbons (Fsp3) is 0.538. The zero-order valence-corrected chi connectivity index (χ0v) is 15.2. The molecule has 20 heavy (non-hydrogen) atoms. The van der Waals surface area contributed by atoms with Crippen LogP contribution in [0.4, 0.5) is 0 Å². The Bertz CT molecular complexity index is 428. The molecule has 0 radical (unpaired) electrons. The number of halogens is 4. The fourth-order valence-electron chi connectivity index (χ4n) is 2.51. The molecule has 1 aromatic rings. The number of piperazine rings is 1. The lowest BCUT2D eigenvalue weighted by Gasteiger charge is -2.35. The van der Waals surface area contributed by atoms with Crippen LogP contribution in [0.25, 0.3) is 0 Å². The van der Waals surface area contributed by atoms with E-state index >= 15 is 0 Å². The molecule has 1 aliphatic heterocycles. The minimum Gasteiger partial charge on any atom is -0.506 e. The first kappa shape index (κ1) is 20.3. The van der Waals surface area contributed by atoms with Crippen molar-refractivity contribution in [3.63, 3.8) is 0 Å². The van der Waals surface area contributed by atoms with Crippen molar-refractivity contribution in [2.45, 2.75) is 19.4 Å². The van der Waals surface area contributed by atoms with Gasteiger partial charge in [0.15, 0.2) is 0 Å². The normalized spacial score (nSPS) is 16.9. The van der Waals surface area contributed by atoms with Gasteiger partial charge in [-0.1, -0.05) is 18.5 Å². The van der Waals surface area contributed by atoms with Gasteiger partial charge in [0.05, 0.1) is 4.47 Å². The minimum atomic E-state index is 0. The van der Waals surface area contributed by atoms with Gasteiger partial charge >= 0.3 is 0 Å². The first-order chi connectivity index (χ1) is 8.63. The van der Waals surface area contributed by atoms with E-state index in [2.05, 4.69) is 33.1 Å². The Kier molecular flexibility index (Phi) is 9.47. The molecule has 0 aliphatic carbocycles. The highest BCUT2D eigenvalue weighted by Crippen LogP contribution is 2.38. The largest absolute Gasteiger partial charge is 0.506 e. The van der Waals surface area contributed by atoms with Gasteiger partial charge in [-0.25, -0.2) is 0 Å². The standard InChI is InChI=1S/C13H18BrClN2O.2ClH/c1-2-12(17-5-3-16-4-6-17)10-7-9(15)8-11(14)13(10)18;;/h7-8,12,16,18H,2-6H2,1H3;2*1H/t12-;;/m0../s1. The Hall–Kier alpha value is 0.290. The van der Waals surface area contributed by atoms with Gasteiger partial charge in [-0.2, -0.15) is 0 Å². The summed E-state index contributed by atoms with van der Waals surface area (Å²) >= 11 is 9.44. The molecule has 0 spiro atoms. The van der Waals surface area contributed by atoms with Gasteiger partial charge in [-0.3, -0.25) is 4.90 Å². The Labute approximate surface area is 146 Å². The topological polar surface area (TPSA) is 35.5 Å². The molecule has 0 aromatic heterocycles. The maximum Gasteiger partial charge on any atom is 0.134 e. The third kappa shape index (κ3) is 4.65. The van der Waals surface area contributed by atoms with Crippen molar-refractivity contribution in [3.8, 4) is 5.75 Å². The highest BCUT2D eigenvalue weighted by Gasteiger charge is 2.24. The summed E-state index contributed by atoms with van der Waals surface area (Å²) in [6.07, 6.45) is 0.959. The predicted octanol–water partition coefficient (Wildman–Crippen LogP) is 4.01. The summed E-state index contributed by atoms with van der Waals surface area (Å²) in [6, 6.07) is 3.82. The van der Waals surface area contributed by atoms with Crippen molar-refractivity contribution < 1.29 is 5.11 Å². The van der Waals surface area contributed by atoms with Crippen LogP contribution in [-0.2, 0) is 0 Å². The molecule has 116 valence electrons. The van der Waals surface area contributed by atoms with E-state index in [-0.39, 0.29) is 30.9 Å². The molecule has 1 heterocycles. The monoisotopic (exact) mass is 404 g/mol. The summed E-state index contributed by atoms with van der Waals surface area (Å²) in [7, 11) is 0. The molecule has 2 rings (SSSR count). The van der Waals surface area contributed by atoms with Crippen molar-refractivity contribution in [2.75, 3.05) is 26.2 Å². The average molecular weight is 407 g/mol. The summed E-state index contributed by atoms with van der Waals surface area (Å²) in [5.41, 5.74) is 0.916. The number of hydrogen-bond acceptors (Lipinski definition) is 3. The van der Waals surface area contributed by atoms with E-state index in [9.17, 15) is 5.11 Å². The molecule has 0 amide bonds. The van der Waals surface area contributed by atoms with Crippen LogP contribution in [0.15, 0.2) is 16.6 Å². The van der Waals surface area contributed by atoms with Crippen molar-refractivity contribution in [1.82, 2.24) is 10.2 Å². The molecule has 0 bridgehead atoms. The van der Waals surface area contributed by atoms with Crippen LogP contribution in [0.3, 0.4) is 0 Å². The molecule has 0 unspecified atom stereocenters. The molecule has 0 saturated carbocycles. The minimum absolute atomic E-state index is 0. The summed E-state index contributed by atoms with van der Waals surface area (Å²) in [4.78, 5) is 2.40. The number of phenolic OH excluding ortho intramolecular Hbond substituents is 1. The first-order valence-corrected chi connectivity index (χ1v) is 7.43. The van der Waals surface area contributed by atoms with Gasteiger partial charge in [-0.15, -0.1) is 24.8 Å². The fourth-order valence-corrected chi connectivity index (χ4v) is 3.34. The molecule has 1 aromatic carbocycles. The Morgan fingerprint density at radius 1 is 1.35 bits per heavy atom. The van der Waals surface area contributed by atoms with Crippen LogP contribution in [0.1, 0.15) is 24.9 Å². The maximum atomic E-state index is 10.2. The Balaban J connectivity index is 0.00000180. The van der Waals surface area contributed by atoms with Crippen LogP contribution in [0.2, 0.25) is 5.02 Å². The number of hydrogen-bond donors (Lipinski definition) is 2. The zero-order valence-electron chi connectivity index (χ0n) is 11.2. The molecule has 2 N–H and O–H groups in total. The van der Waals surface area contributed by atoms with Gasteiger partial charge in [0.1, 0.15) is 5.75 Å². The summed E-state index contributed by atoms with van der Waals surface area (Å²) in [6.45, 7) is 6.14. The number of nitrogens with zero attached hydrogens (tertiary/aromatic N) is 1. The predicted molar refractivity (Wildman–Crippen MR) is 92.8 cm³/mol. The van der Waals surface area contributed by atoms with E-state index in [4.69, 9.17) is 11.6 Å². The molecular weight excluding hydrogens is 386 g/mol. The van der Waals surface area contributed by atoms with Crippen molar-refractivity contribution >= 4 is 52.3 Å². The number of phenols is 1. The molecule has 1 atom stereocenters. The highest BCUT2D eigenvalue weighted by atomic mass is 79.9. The average Bonchev–Trinajstić information content (AvgIpc) is 2.37. The van der Waals surface area contributed by atoms with Gasteiger partial charge < -0.3 is 10.4 Å². The second-order valence-corrected chi connectivity index (χ2v) is 5.83. The second-order valence-electron chi connectivity index (χ2n) is 4.54. The SMILES string of the molecule is CC[C@@H](c1cc(Cl)cc(Br)c1O)N1CCNCC1.Cl.Cl. The lowest BCUT2D eigenvalue weighted by Crippen LogP contribution is -2.45. The van der Waals surface area contributed by atoms with Gasteiger partial charge in [0.2, 0.25) is 0 Å². The summed E-state index contributed by atoms with van der Waals surface area (Å²) in [5, 5.41) is 14.2. The Morgan fingerprint density at radius 2 is 1.95 bits per heavy atom. The van der Waals surface area contributed by atoms with Gasteiger partial charge in [-0.05, 0) is 34.5 Å². The molecule has 1 fully saturated rings. The van der Waals surface area contributed by atoms with Crippen LogP contribution in [0, 0.1) is 0 Å². The third-order valence-corrected chi connectivity index (χ3v) is 4.22. The quantitative estimate of drug-likeness (QED) is 0.796. The van der Waals surface area contributed by atoms with Crippen LogP contribution < -0.4 is 5.32 Å². The first-order valence-electron chi connectivity index (χ1n) is 6.26. The van der Waals surface area contributed by atoms with E-state index in [0.717, 1.165) is 38.2 Å². The number of benzene rings is 1. The van der Waals surface area contributed by atoms with E-state index in [1.807, 2.05) is 6.07 Å². The third-order valence-electron chi connectivity index (χ3n) is 3.40. The zero-order chi connectivity index (χ0) is 13.1. The Morgan fingerprint density at radius 3 is 2.50 bits per heavy atom. The molecule has 1 saturated heterocycles. The smallest absolute Gasteiger partial charge is 0.134 e. The highest BCUT2D eigenvalue weighted by molar-refractivity contribution is 9.10. The van der Waals surface area contributed by atoms with E-state index in [1.54, 1.807) is 6.07 Å². The van der Waals surface area contributed by atoms with E-state index in [0.29, 0.717) is 15.2 Å². The number of aromatic hydroxyl groups is 1. The lowest BCUT2D eigenvalue weighted by molar-refractivity contribution is 0.167. The van der Waals surface area contributed by atoms with Crippen molar-refractivity contribution in [1.29, 1.82) is 0 Å². The van der Waals surface area contributed by atoms with Crippen molar-refractivity contribution in [3.05, 3.63) is 27.2 Å². The summed E-state index contributed by atoms with van der Waals surface area (Å²) < 4.78 is 0.665. The van der Waals surface area contributed by atoms with E-state index in [1.165, 1.54) is 0 Å². The molecule has 1 aliphatic rings. The van der Waals surface area contributed by atoms with Crippen LogP contribution >= 0.6 is 52.3 Å². The molecule has 3 nitrogen and oxygen atoms in total. The number of nitrogens with one attached hydrogen (secondary N) is 1.